The number of rotatable bonds is 4. The van der Waals surface area contributed by atoms with Crippen molar-refractivity contribution in [3.63, 3.8) is 0 Å². The molecule has 11 aromatic rings. The standard InChI is InChI=1S/C65H59BN2OS/c1-62(2,3)38-22-26-41(27-23-38)67-49-34-44-42-28-24-40(64(7,8)9)33-51(42)69-52(44)35-45(49)55-54-43-19-15-16-20-48(43)65(10,11)57(54)56-46-32-39(63(4,5)6)25-29-50(46)68-59-47-31-37(36-17-13-12-14-18-36)21-30-53(47)70-61(59)66-58(55)60(56)68/h12-35,66-67H,1-11H3. The molecule has 0 radical (unpaired) electrons. The lowest BCUT2D eigenvalue weighted by Crippen LogP contribution is -2.36. The van der Waals surface area contributed by atoms with Crippen LogP contribution in [0.15, 0.2) is 150 Å². The molecule has 1 aliphatic heterocycles. The Labute approximate surface area is 416 Å². The average molecular weight is 927 g/mol. The van der Waals surface area contributed by atoms with E-state index in [1.165, 1.54) is 103 Å². The van der Waals surface area contributed by atoms with Gasteiger partial charge in [-0.3, -0.25) is 0 Å². The predicted molar refractivity (Wildman–Crippen MR) is 304 cm³/mol. The van der Waals surface area contributed by atoms with Crippen LogP contribution >= 0.6 is 11.3 Å². The highest BCUT2D eigenvalue weighted by atomic mass is 32.1. The molecule has 0 atom stereocenters. The maximum Gasteiger partial charge on any atom is 0.211 e. The van der Waals surface area contributed by atoms with Crippen molar-refractivity contribution in [3.05, 3.63) is 173 Å². The van der Waals surface area contributed by atoms with Crippen molar-refractivity contribution in [2.24, 2.45) is 0 Å². The Balaban J connectivity index is 1.19. The number of nitrogens with one attached hydrogen (secondary N) is 1. The maximum absolute atomic E-state index is 7.04. The summed E-state index contributed by atoms with van der Waals surface area (Å²) in [7, 11) is 0.812. The average Bonchev–Trinajstić information content (AvgIpc) is 4.04. The van der Waals surface area contributed by atoms with E-state index < -0.39 is 0 Å². The fourth-order valence-electron chi connectivity index (χ4n) is 12.1. The third-order valence-electron chi connectivity index (χ3n) is 15.8. The largest absolute Gasteiger partial charge is 0.456 e. The van der Waals surface area contributed by atoms with E-state index in [-0.39, 0.29) is 21.7 Å². The van der Waals surface area contributed by atoms with Gasteiger partial charge in [0.15, 0.2) is 0 Å². The Morgan fingerprint density at radius 1 is 0.557 bits per heavy atom. The number of nitrogens with zero attached hydrogens (tertiary/aromatic N) is 1. The molecular weight excluding hydrogens is 868 g/mol. The van der Waals surface area contributed by atoms with Gasteiger partial charge in [-0.1, -0.05) is 167 Å². The van der Waals surface area contributed by atoms with Crippen LogP contribution < -0.4 is 15.6 Å². The van der Waals surface area contributed by atoms with Gasteiger partial charge < -0.3 is 14.3 Å². The van der Waals surface area contributed by atoms with Crippen molar-refractivity contribution in [2.75, 3.05) is 5.32 Å². The molecule has 344 valence electrons. The van der Waals surface area contributed by atoms with Crippen molar-refractivity contribution < 1.29 is 4.42 Å². The first-order valence-electron chi connectivity index (χ1n) is 25.1. The lowest BCUT2D eigenvalue weighted by molar-refractivity contribution is 0.587. The zero-order valence-corrected chi connectivity index (χ0v) is 43.1. The van der Waals surface area contributed by atoms with Gasteiger partial charge in [-0.15, -0.1) is 11.3 Å². The number of fused-ring (bicyclic) bond motifs is 14. The quantitative estimate of drug-likeness (QED) is 0.178. The number of furan rings is 1. The van der Waals surface area contributed by atoms with Gasteiger partial charge in [-0.25, -0.2) is 0 Å². The molecule has 3 aromatic heterocycles. The lowest BCUT2D eigenvalue weighted by Gasteiger charge is -2.28. The Kier molecular flexibility index (Phi) is 9.03. The molecule has 1 N–H and O–H groups in total. The summed E-state index contributed by atoms with van der Waals surface area (Å²) >= 11 is 1.96. The van der Waals surface area contributed by atoms with E-state index in [0.717, 1.165) is 46.2 Å². The van der Waals surface area contributed by atoms with Crippen molar-refractivity contribution in [1.82, 2.24) is 4.57 Å². The van der Waals surface area contributed by atoms with Gasteiger partial charge in [-0.2, -0.15) is 0 Å². The third kappa shape index (κ3) is 6.33. The van der Waals surface area contributed by atoms with Crippen LogP contribution in [0.25, 0.3) is 92.9 Å². The molecule has 0 bridgehead atoms. The Morgan fingerprint density at radius 2 is 1.23 bits per heavy atom. The zero-order valence-electron chi connectivity index (χ0n) is 42.3. The van der Waals surface area contributed by atoms with E-state index in [1.807, 2.05) is 11.3 Å². The zero-order chi connectivity index (χ0) is 48.4. The molecule has 0 saturated heterocycles. The van der Waals surface area contributed by atoms with Crippen molar-refractivity contribution in [1.29, 1.82) is 0 Å². The summed E-state index contributed by atoms with van der Waals surface area (Å²) in [6.45, 7) is 25.6. The van der Waals surface area contributed by atoms with E-state index >= 15 is 0 Å². The van der Waals surface area contributed by atoms with Gasteiger partial charge in [0.05, 0.1) is 11.2 Å². The van der Waals surface area contributed by atoms with Crippen molar-refractivity contribution >= 4 is 94.1 Å². The van der Waals surface area contributed by atoms with Crippen LogP contribution in [0.5, 0.6) is 0 Å². The smallest absolute Gasteiger partial charge is 0.211 e. The predicted octanol–water partition coefficient (Wildman–Crippen LogP) is 16.9. The van der Waals surface area contributed by atoms with Crippen LogP contribution in [-0.4, -0.2) is 11.8 Å². The summed E-state index contributed by atoms with van der Waals surface area (Å²) in [6.07, 6.45) is 0. The molecule has 0 amide bonds. The van der Waals surface area contributed by atoms with Crippen LogP contribution in [0.2, 0.25) is 0 Å². The van der Waals surface area contributed by atoms with E-state index in [4.69, 9.17) is 4.42 Å². The van der Waals surface area contributed by atoms with Crippen LogP contribution in [0.4, 0.5) is 11.4 Å². The molecule has 0 spiro atoms. The van der Waals surface area contributed by atoms with Gasteiger partial charge in [-0.05, 0) is 137 Å². The highest BCUT2D eigenvalue weighted by molar-refractivity contribution is 7.29. The number of benzene rings is 8. The van der Waals surface area contributed by atoms with E-state index in [1.54, 1.807) is 0 Å². The maximum atomic E-state index is 7.04. The first-order valence-corrected chi connectivity index (χ1v) is 25.9. The lowest BCUT2D eigenvalue weighted by atomic mass is 9.61. The molecule has 0 saturated carbocycles. The monoisotopic (exact) mass is 926 g/mol. The molecule has 0 fully saturated rings. The number of hydrogen-bond acceptors (Lipinski definition) is 3. The number of thiophene rings is 1. The summed E-state index contributed by atoms with van der Waals surface area (Å²) in [4.78, 5) is 0. The van der Waals surface area contributed by atoms with E-state index in [2.05, 4.69) is 232 Å². The summed E-state index contributed by atoms with van der Waals surface area (Å²) in [5.74, 6) is 0. The second-order valence-corrected chi connectivity index (χ2v) is 25.0. The number of aromatic nitrogens is 1. The highest BCUT2D eigenvalue weighted by Gasteiger charge is 2.43. The molecular formula is C65H59BN2OS. The fraction of sp³-hybridized carbons (Fsp3) is 0.231. The van der Waals surface area contributed by atoms with Crippen molar-refractivity contribution in [3.8, 4) is 39.1 Å². The third-order valence-corrected chi connectivity index (χ3v) is 17.0. The summed E-state index contributed by atoms with van der Waals surface area (Å²) in [6, 6.07) is 55.2. The van der Waals surface area contributed by atoms with E-state index in [0.29, 0.717) is 0 Å². The summed E-state index contributed by atoms with van der Waals surface area (Å²) in [5, 5.41) is 10.3. The normalized spacial score (nSPS) is 14.2. The topological polar surface area (TPSA) is 30.1 Å². The van der Waals surface area contributed by atoms with Gasteiger partial charge in [0.2, 0.25) is 7.28 Å². The van der Waals surface area contributed by atoms with Crippen LogP contribution in [0, 0.1) is 0 Å². The summed E-state index contributed by atoms with van der Waals surface area (Å²) < 4.78 is 12.4. The first kappa shape index (κ1) is 43.2. The van der Waals surface area contributed by atoms with Gasteiger partial charge >= 0.3 is 0 Å². The molecule has 13 rings (SSSR count). The highest BCUT2D eigenvalue weighted by Crippen LogP contribution is 2.58. The second kappa shape index (κ2) is 14.6. The Bertz CT molecular complexity index is 4010. The van der Waals surface area contributed by atoms with Gasteiger partial charge in [0.25, 0.3) is 0 Å². The number of anilines is 2. The minimum atomic E-state index is -0.295. The first-order chi connectivity index (χ1) is 33.3. The molecule has 4 heterocycles. The molecule has 5 heteroatoms. The number of hydrogen-bond donors (Lipinski definition) is 1. The molecule has 70 heavy (non-hydrogen) atoms. The SMILES string of the molecule is CC(C)(C)c1ccc(Nc2cc3c(cc2-c2c4c(c5c6cc(C(C)(C)C)ccc6n6c5c2Bc2sc5ccc(-c7ccccc7)cc5c2-6)C(C)(C)c2ccccc2-4)oc2cc(C(C)(C)C)ccc23)cc1. The minimum Gasteiger partial charge on any atom is -0.456 e. The van der Waals surface area contributed by atoms with Crippen LogP contribution in [0.1, 0.15) is 104 Å². The molecule has 1 aliphatic carbocycles. The van der Waals surface area contributed by atoms with Crippen LogP contribution in [0.3, 0.4) is 0 Å². The molecule has 3 nitrogen and oxygen atoms in total. The van der Waals surface area contributed by atoms with Crippen LogP contribution in [-0.2, 0) is 21.7 Å². The van der Waals surface area contributed by atoms with E-state index in [9.17, 15) is 0 Å². The van der Waals surface area contributed by atoms with Gasteiger partial charge in [0.1, 0.15) is 11.2 Å². The Hall–Kier alpha value is -6.82. The Morgan fingerprint density at radius 3 is 1.97 bits per heavy atom. The summed E-state index contributed by atoms with van der Waals surface area (Å²) in [5.41, 5.74) is 23.3. The van der Waals surface area contributed by atoms with Gasteiger partial charge in [0, 0.05) is 59.5 Å². The molecule has 8 aromatic carbocycles. The fourth-order valence-corrected chi connectivity index (χ4v) is 13.3. The van der Waals surface area contributed by atoms with Crippen molar-refractivity contribution in [2.45, 2.75) is 97.8 Å². The molecule has 2 aliphatic rings. The minimum absolute atomic E-state index is 0.0102. The molecule has 0 unspecified atom stereocenters. The second-order valence-electron chi connectivity index (χ2n) is 23.9.